The van der Waals surface area contributed by atoms with Crippen LogP contribution in [0.4, 0.5) is 0 Å². The van der Waals surface area contributed by atoms with E-state index in [0.717, 1.165) is 6.42 Å². The Hall–Kier alpha value is 0.310. The van der Waals surface area contributed by atoms with E-state index in [1.807, 2.05) is 0 Å². The summed E-state index contributed by atoms with van der Waals surface area (Å²) in [5.41, 5.74) is 0. The molecule has 0 amide bonds. The Morgan fingerprint density at radius 3 is 2.58 bits per heavy atom. The number of aliphatic hydroxyl groups excluding tert-OH is 1. The first-order valence-electron chi connectivity index (χ1n) is 3.91. The van der Waals surface area contributed by atoms with Gasteiger partial charge in [0.25, 0.3) is 5.85 Å². The van der Waals surface area contributed by atoms with Gasteiger partial charge in [-0.05, 0) is 16.9 Å². The molecule has 2 atom stereocenters. The highest BCUT2D eigenvalue weighted by Crippen LogP contribution is 2.28. The zero-order chi connectivity index (χ0) is 9.56. The summed E-state index contributed by atoms with van der Waals surface area (Å²) in [5, 5.41) is 8.95. The molecular formula is C7H15ClO3P+. The minimum atomic E-state index is -2.00. The van der Waals surface area contributed by atoms with Crippen LogP contribution in [0.3, 0.4) is 0 Å². The molecule has 2 unspecified atom stereocenters. The normalized spacial score (nSPS) is 14.9. The summed E-state index contributed by atoms with van der Waals surface area (Å²) in [6.07, 6.45) is 0.843. The van der Waals surface area contributed by atoms with E-state index in [0.29, 0.717) is 12.5 Å². The summed E-state index contributed by atoms with van der Waals surface area (Å²) >= 11 is 5.27. The van der Waals surface area contributed by atoms with Crippen molar-refractivity contribution in [1.29, 1.82) is 0 Å². The van der Waals surface area contributed by atoms with E-state index >= 15 is 0 Å². The molecule has 0 radical (unpaired) electrons. The van der Waals surface area contributed by atoms with E-state index in [1.165, 1.54) is 0 Å². The SMILES string of the molecule is CC(C)CCO[P+](=O)C(O)CCl. The smallest absolute Gasteiger partial charge is 0.348 e. The van der Waals surface area contributed by atoms with Crippen LogP contribution in [0.2, 0.25) is 0 Å². The molecule has 0 spiro atoms. The van der Waals surface area contributed by atoms with Crippen molar-refractivity contribution in [3.63, 3.8) is 0 Å². The van der Waals surface area contributed by atoms with Gasteiger partial charge in [-0.3, -0.25) is 0 Å². The molecule has 12 heavy (non-hydrogen) atoms. The third-order valence-corrected chi connectivity index (χ3v) is 2.91. The summed E-state index contributed by atoms with van der Waals surface area (Å²) in [6.45, 7) is 4.52. The molecule has 0 bridgehead atoms. The fourth-order valence-corrected chi connectivity index (χ4v) is 1.43. The van der Waals surface area contributed by atoms with E-state index in [9.17, 15) is 4.57 Å². The summed E-state index contributed by atoms with van der Waals surface area (Å²) in [4.78, 5) is 0. The predicted octanol–water partition coefficient (Wildman–Crippen LogP) is 2.35. The summed E-state index contributed by atoms with van der Waals surface area (Å²) < 4.78 is 15.8. The van der Waals surface area contributed by atoms with Crippen LogP contribution in [0.15, 0.2) is 0 Å². The molecule has 0 aromatic carbocycles. The van der Waals surface area contributed by atoms with Crippen LogP contribution in [-0.2, 0) is 9.09 Å². The van der Waals surface area contributed by atoms with Crippen molar-refractivity contribution in [2.75, 3.05) is 12.5 Å². The van der Waals surface area contributed by atoms with Crippen LogP contribution in [0.1, 0.15) is 20.3 Å². The Morgan fingerprint density at radius 2 is 2.17 bits per heavy atom. The Morgan fingerprint density at radius 1 is 1.58 bits per heavy atom. The van der Waals surface area contributed by atoms with Crippen molar-refractivity contribution < 1.29 is 14.2 Å². The van der Waals surface area contributed by atoms with Crippen molar-refractivity contribution >= 4 is 19.6 Å². The predicted molar refractivity (Wildman–Crippen MR) is 49.7 cm³/mol. The van der Waals surface area contributed by atoms with Gasteiger partial charge in [-0.2, -0.15) is 0 Å². The molecule has 0 aromatic rings. The van der Waals surface area contributed by atoms with E-state index in [1.54, 1.807) is 0 Å². The highest BCUT2D eigenvalue weighted by molar-refractivity contribution is 7.39. The minimum absolute atomic E-state index is 0.0448. The topological polar surface area (TPSA) is 46.5 Å². The van der Waals surface area contributed by atoms with E-state index < -0.39 is 13.9 Å². The lowest BCUT2D eigenvalue weighted by atomic mass is 10.2. The fraction of sp³-hybridized carbons (Fsp3) is 1.00. The number of halogens is 1. The quantitative estimate of drug-likeness (QED) is 0.544. The van der Waals surface area contributed by atoms with E-state index in [4.69, 9.17) is 21.2 Å². The van der Waals surface area contributed by atoms with Gasteiger partial charge < -0.3 is 5.11 Å². The third-order valence-electron chi connectivity index (χ3n) is 1.30. The number of rotatable bonds is 6. The molecule has 0 saturated heterocycles. The molecular weight excluding hydrogens is 199 g/mol. The number of aliphatic hydroxyl groups is 1. The minimum Gasteiger partial charge on any atom is -0.348 e. The van der Waals surface area contributed by atoms with Crippen LogP contribution >= 0.6 is 19.6 Å². The van der Waals surface area contributed by atoms with Gasteiger partial charge >= 0.3 is 8.03 Å². The highest BCUT2D eigenvalue weighted by atomic mass is 35.5. The monoisotopic (exact) mass is 213 g/mol. The molecule has 5 heteroatoms. The van der Waals surface area contributed by atoms with Crippen molar-refractivity contribution in [1.82, 2.24) is 0 Å². The van der Waals surface area contributed by atoms with Gasteiger partial charge in [-0.1, -0.05) is 13.8 Å². The van der Waals surface area contributed by atoms with Gasteiger partial charge in [0, 0.05) is 0 Å². The second-order valence-electron chi connectivity index (χ2n) is 2.94. The lowest BCUT2D eigenvalue weighted by Crippen LogP contribution is -2.04. The Balaban J connectivity index is 3.44. The van der Waals surface area contributed by atoms with E-state index in [-0.39, 0.29) is 5.88 Å². The average molecular weight is 214 g/mol. The second-order valence-corrected chi connectivity index (χ2v) is 4.67. The van der Waals surface area contributed by atoms with Crippen LogP contribution < -0.4 is 0 Å². The first-order valence-corrected chi connectivity index (χ1v) is 5.69. The van der Waals surface area contributed by atoms with E-state index in [2.05, 4.69) is 13.8 Å². The van der Waals surface area contributed by atoms with Crippen LogP contribution in [-0.4, -0.2) is 23.4 Å². The van der Waals surface area contributed by atoms with Crippen molar-refractivity contribution in [3.05, 3.63) is 0 Å². The molecule has 3 nitrogen and oxygen atoms in total. The number of alkyl halides is 1. The molecule has 0 aliphatic heterocycles. The molecule has 0 aromatic heterocycles. The van der Waals surface area contributed by atoms with Crippen molar-refractivity contribution in [2.45, 2.75) is 26.1 Å². The van der Waals surface area contributed by atoms with Gasteiger partial charge in [-0.15, -0.1) is 16.1 Å². The zero-order valence-corrected chi connectivity index (χ0v) is 9.02. The Labute approximate surface area is 78.9 Å². The Bertz CT molecular complexity index is 141. The van der Waals surface area contributed by atoms with Gasteiger partial charge in [0.2, 0.25) is 0 Å². The van der Waals surface area contributed by atoms with Gasteiger partial charge in [0.1, 0.15) is 6.61 Å². The number of hydrogen-bond acceptors (Lipinski definition) is 3. The first-order chi connectivity index (χ1) is 5.57. The van der Waals surface area contributed by atoms with Gasteiger partial charge in [0.15, 0.2) is 0 Å². The molecule has 0 saturated carbocycles. The maximum atomic E-state index is 10.9. The number of hydrogen-bond donors (Lipinski definition) is 1. The van der Waals surface area contributed by atoms with Crippen LogP contribution in [0.5, 0.6) is 0 Å². The largest absolute Gasteiger partial charge is 0.541 e. The lowest BCUT2D eigenvalue weighted by Gasteiger charge is -1.99. The van der Waals surface area contributed by atoms with Crippen LogP contribution in [0, 0.1) is 5.92 Å². The molecule has 0 rings (SSSR count). The third kappa shape index (κ3) is 5.90. The van der Waals surface area contributed by atoms with Gasteiger partial charge in [-0.25, -0.2) is 0 Å². The Kier molecular flexibility index (Phi) is 6.96. The highest BCUT2D eigenvalue weighted by Gasteiger charge is 2.29. The summed E-state index contributed by atoms with van der Waals surface area (Å²) in [7, 11) is -2.00. The maximum absolute atomic E-state index is 10.9. The second kappa shape index (κ2) is 6.79. The van der Waals surface area contributed by atoms with Crippen LogP contribution in [0.25, 0.3) is 0 Å². The molecule has 0 aliphatic rings. The first kappa shape index (κ1) is 12.3. The fourth-order valence-electron chi connectivity index (χ4n) is 0.521. The van der Waals surface area contributed by atoms with Gasteiger partial charge in [0.05, 0.1) is 5.88 Å². The molecule has 0 fully saturated rings. The van der Waals surface area contributed by atoms with Crippen molar-refractivity contribution in [2.24, 2.45) is 5.92 Å². The standard InChI is InChI=1S/C7H15ClO3P/c1-6(2)3-4-11-12(10)7(9)5-8/h6-7,9H,3-5H2,1-2H3/q+1. The molecule has 1 N–H and O–H groups in total. The molecule has 0 aliphatic carbocycles. The molecule has 0 heterocycles. The molecule has 72 valence electrons. The average Bonchev–Trinajstić information content (AvgIpc) is 2.02. The maximum Gasteiger partial charge on any atom is 0.541 e. The van der Waals surface area contributed by atoms with Crippen molar-refractivity contribution in [3.8, 4) is 0 Å². The zero-order valence-electron chi connectivity index (χ0n) is 7.36. The lowest BCUT2D eigenvalue weighted by molar-refractivity contribution is 0.228. The summed E-state index contributed by atoms with van der Waals surface area (Å²) in [5.74, 6) is -0.563. The summed E-state index contributed by atoms with van der Waals surface area (Å²) in [6, 6.07) is 0.